The van der Waals surface area contributed by atoms with E-state index >= 15 is 0 Å². The number of carbonyl (C=O) groups excluding carboxylic acids is 2. The number of hydrogen-bond donors (Lipinski definition) is 3. The zero-order valence-corrected chi connectivity index (χ0v) is 14.3. The molecular formula is C17H13ClFN3O2S. The van der Waals surface area contributed by atoms with E-state index in [9.17, 15) is 14.0 Å². The Bertz CT molecular complexity index is 825. The van der Waals surface area contributed by atoms with Gasteiger partial charge in [0.1, 0.15) is 5.82 Å². The van der Waals surface area contributed by atoms with Crippen LogP contribution in [0.2, 0.25) is 5.02 Å². The van der Waals surface area contributed by atoms with Crippen molar-refractivity contribution in [3.63, 3.8) is 0 Å². The van der Waals surface area contributed by atoms with E-state index in [1.165, 1.54) is 36.4 Å². The Balaban J connectivity index is 1.81. The molecule has 0 aliphatic heterocycles. The number of rotatable bonds is 3. The van der Waals surface area contributed by atoms with Crippen LogP contribution in [0.5, 0.6) is 0 Å². The van der Waals surface area contributed by atoms with Crippen molar-refractivity contribution in [1.29, 1.82) is 0 Å². The predicted molar refractivity (Wildman–Crippen MR) is 98.2 cm³/mol. The summed E-state index contributed by atoms with van der Waals surface area (Å²) < 4.78 is 12.8. The van der Waals surface area contributed by atoms with Crippen LogP contribution in [0.15, 0.2) is 54.6 Å². The Labute approximate surface area is 153 Å². The van der Waals surface area contributed by atoms with Crippen LogP contribution >= 0.6 is 23.8 Å². The molecule has 0 aliphatic rings. The summed E-state index contributed by atoms with van der Waals surface area (Å²) in [6.07, 6.45) is 2.73. The molecule has 0 bridgehead atoms. The SMILES string of the molecule is O=C(C=Cc1ccc(F)cc1)NC(=S)NNC(=O)c1ccccc1Cl. The van der Waals surface area contributed by atoms with Crippen molar-refractivity contribution >= 4 is 46.8 Å². The lowest BCUT2D eigenvalue weighted by Crippen LogP contribution is -2.48. The predicted octanol–water partition coefficient (Wildman–Crippen LogP) is 2.83. The smallest absolute Gasteiger partial charge is 0.271 e. The second kappa shape index (κ2) is 8.91. The van der Waals surface area contributed by atoms with E-state index in [1.807, 2.05) is 0 Å². The first-order valence-corrected chi connectivity index (χ1v) is 7.84. The van der Waals surface area contributed by atoms with Crippen molar-refractivity contribution in [2.75, 3.05) is 0 Å². The summed E-state index contributed by atoms with van der Waals surface area (Å²) in [6, 6.07) is 12.1. The minimum absolute atomic E-state index is 0.0887. The zero-order chi connectivity index (χ0) is 18.2. The van der Waals surface area contributed by atoms with E-state index in [0.29, 0.717) is 10.6 Å². The minimum atomic E-state index is -0.506. The fourth-order valence-corrected chi connectivity index (χ4v) is 2.13. The molecule has 2 aromatic rings. The third kappa shape index (κ3) is 5.98. The largest absolute Gasteiger partial charge is 0.298 e. The van der Waals surface area contributed by atoms with E-state index in [2.05, 4.69) is 16.2 Å². The lowest BCUT2D eigenvalue weighted by Gasteiger charge is -2.10. The van der Waals surface area contributed by atoms with Crippen molar-refractivity contribution in [1.82, 2.24) is 16.2 Å². The van der Waals surface area contributed by atoms with Gasteiger partial charge >= 0.3 is 0 Å². The van der Waals surface area contributed by atoms with E-state index in [4.69, 9.17) is 23.8 Å². The molecule has 0 atom stereocenters. The molecule has 2 aromatic carbocycles. The van der Waals surface area contributed by atoms with Crippen molar-refractivity contribution in [3.8, 4) is 0 Å². The van der Waals surface area contributed by atoms with E-state index in [0.717, 1.165) is 0 Å². The highest BCUT2D eigenvalue weighted by atomic mass is 35.5. The lowest BCUT2D eigenvalue weighted by atomic mass is 10.2. The summed E-state index contributed by atoms with van der Waals surface area (Å²) >= 11 is 10.8. The Kier molecular flexibility index (Phi) is 6.62. The van der Waals surface area contributed by atoms with Gasteiger partial charge in [0.05, 0.1) is 10.6 Å². The first-order chi connectivity index (χ1) is 12.0. The molecule has 0 aromatic heterocycles. The fourth-order valence-electron chi connectivity index (χ4n) is 1.76. The van der Waals surface area contributed by atoms with Crippen LogP contribution in [0.4, 0.5) is 4.39 Å². The second-order valence-electron chi connectivity index (χ2n) is 4.76. The van der Waals surface area contributed by atoms with E-state index in [1.54, 1.807) is 24.3 Å². The van der Waals surface area contributed by atoms with Gasteiger partial charge in [0.15, 0.2) is 5.11 Å². The van der Waals surface area contributed by atoms with Gasteiger partial charge in [0.2, 0.25) is 5.91 Å². The first-order valence-electron chi connectivity index (χ1n) is 7.05. The molecule has 0 aliphatic carbocycles. The molecule has 0 saturated carbocycles. The maximum atomic E-state index is 12.8. The average molecular weight is 378 g/mol. The van der Waals surface area contributed by atoms with Gasteiger partial charge in [-0.25, -0.2) is 4.39 Å². The molecule has 0 radical (unpaired) electrons. The fraction of sp³-hybridized carbons (Fsp3) is 0. The number of carbonyl (C=O) groups is 2. The maximum absolute atomic E-state index is 12.8. The van der Waals surface area contributed by atoms with Crippen LogP contribution in [-0.2, 0) is 4.79 Å². The number of halogens is 2. The van der Waals surface area contributed by atoms with Gasteiger partial charge in [-0.15, -0.1) is 0 Å². The molecule has 0 unspecified atom stereocenters. The summed E-state index contributed by atoms with van der Waals surface area (Å²) in [6.45, 7) is 0. The Morgan fingerprint density at radius 1 is 1.04 bits per heavy atom. The molecule has 8 heteroatoms. The van der Waals surface area contributed by atoms with Gasteiger partial charge in [-0.05, 0) is 48.1 Å². The first kappa shape index (κ1) is 18.6. The van der Waals surface area contributed by atoms with Gasteiger partial charge in [0, 0.05) is 6.08 Å². The van der Waals surface area contributed by atoms with Gasteiger partial charge in [0.25, 0.3) is 5.91 Å². The molecule has 128 valence electrons. The highest BCUT2D eigenvalue weighted by Crippen LogP contribution is 2.14. The molecular weight excluding hydrogens is 365 g/mol. The summed E-state index contributed by atoms with van der Waals surface area (Å²) in [7, 11) is 0. The highest BCUT2D eigenvalue weighted by Gasteiger charge is 2.09. The average Bonchev–Trinajstić information content (AvgIpc) is 2.59. The molecule has 3 N–H and O–H groups in total. The molecule has 0 saturated heterocycles. The van der Waals surface area contributed by atoms with Crippen LogP contribution in [-0.4, -0.2) is 16.9 Å². The highest BCUT2D eigenvalue weighted by molar-refractivity contribution is 7.80. The molecule has 25 heavy (non-hydrogen) atoms. The standard InChI is InChI=1S/C17H13ClFN3O2S/c18-14-4-2-1-3-13(14)16(24)21-22-17(25)20-15(23)10-7-11-5-8-12(19)9-6-11/h1-10H,(H,21,24)(H2,20,22,23,25). The van der Waals surface area contributed by atoms with Gasteiger partial charge in [-0.1, -0.05) is 35.9 Å². The quantitative estimate of drug-likeness (QED) is 0.437. The van der Waals surface area contributed by atoms with Crippen LogP contribution in [0.25, 0.3) is 6.08 Å². The summed E-state index contributed by atoms with van der Waals surface area (Å²) in [5.41, 5.74) is 5.65. The molecule has 2 rings (SSSR count). The summed E-state index contributed by atoms with van der Waals surface area (Å²) in [5.74, 6) is -1.36. The van der Waals surface area contributed by atoms with Gasteiger partial charge in [-0.3, -0.25) is 25.8 Å². The molecule has 0 heterocycles. The van der Waals surface area contributed by atoms with Crippen molar-refractivity contribution < 1.29 is 14.0 Å². The number of hydrazine groups is 1. The zero-order valence-electron chi connectivity index (χ0n) is 12.8. The van der Waals surface area contributed by atoms with Crippen LogP contribution < -0.4 is 16.2 Å². The van der Waals surface area contributed by atoms with Crippen molar-refractivity contribution in [2.24, 2.45) is 0 Å². The van der Waals surface area contributed by atoms with Gasteiger partial charge in [-0.2, -0.15) is 0 Å². The monoisotopic (exact) mass is 377 g/mol. The number of benzene rings is 2. The lowest BCUT2D eigenvalue weighted by molar-refractivity contribution is -0.115. The van der Waals surface area contributed by atoms with E-state index in [-0.39, 0.29) is 16.5 Å². The normalized spacial score (nSPS) is 10.3. The van der Waals surface area contributed by atoms with Crippen LogP contribution in [0.3, 0.4) is 0 Å². The molecule has 2 amide bonds. The van der Waals surface area contributed by atoms with Crippen molar-refractivity contribution in [2.45, 2.75) is 0 Å². The van der Waals surface area contributed by atoms with Gasteiger partial charge < -0.3 is 0 Å². The molecule has 0 fully saturated rings. The Morgan fingerprint density at radius 2 is 1.72 bits per heavy atom. The van der Waals surface area contributed by atoms with E-state index < -0.39 is 11.8 Å². The topological polar surface area (TPSA) is 70.2 Å². The third-order valence-electron chi connectivity index (χ3n) is 2.94. The second-order valence-corrected chi connectivity index (χ2v) is 5.58. The minimum Gasteiger partial charge on any atom is -0.298 e. The summed E-state index contributed by atoms with van der Waals surface area (Å²) in [5, 5.41) is 2.56. The number of amides is 2. The number of nitrogens with one attached hydrogen (secondary N) is 3. The van der Waals surface area contributed by atoms with Crippen LogP contribution in [0.1, 0.15) is 15.9 Å². The van der Waals surface area contributed by atoms with Crippen molar-refractivity contribution in [3.05, 3.63) is 76.6 Å². The number of hydrogen-bond acceptors (Lipinski definition) is 3. The number of thiocarbonyl (C=S) groups is 1. The maximum Gasteiger partial charge on any atom is 0.271 e. The van der Waals surface area contributed by atoms with Crippen LogP contribution in [0, 0.1) is 5.82 Å². The Hall–Kier alpha value is -2.77. The third-order valence-corrected chi connectivity index (χ3v) is 3.48. The Morgan fingerprint density at radius 3 is 2.40 bits per heavy atom. The molecule has 5 nitrogen and oxygen atoms in total. The summed E-state index contributed by atoms with van der Waals surface area (Å²) in [4.78, 5) is 23.6. The molecule has 0 spiro atoms.